The van der Waals surface area contributed by atoms with Crippen LogP contribution in [0.3, 0.4) is 0 Å². The number of benzene rings is 1. The van der Waals surface area contributed by atoms with Crippen molar-refractivity contribution in [2.24, 2.45) is 0 Å². The SMILES string of the molecule is CCCCOCCn1c(=S)[nH]c2ccc(C#N)cc21. The van der Waals surface area contributed by atoms with E-state index in [0.717, 1.165) is 30.5 Å². The van der Waals surface area contributed by atoms with Crippen LogP contribution in [-0.4, -0.2) is 22.8 Å². The molecule has 0 aliphatic rings. The van der Waals surface area contributed by atoms with E-state index in [1.807, 2.05) is 16.7 Å². The number of imidazole rings is 1. The zero-order chi connectivity index (χ0) is 13.7. The lowest BCUT2D eigenvalue weighted by atomic mass is 10.2. The molecule has 0 unspecified atom stereocenters. The van der Waals surface area contributed by atoms with Gasteiger partial charge in [0.05, 0.1) is 29.3 Å². The number of nitrogens with one attached hydrogen (secondary N) is 1. The van der Waals surface area contributed by atoms with Crippen molar-refractivity contribution in [2.75, 3.05) is 13.2 Å². The van der Waals surface area contributed by atoms with E-state index in [4.69, 9.17) is 22.2 Å². The normalized spacial score (nSPS) is 10.7. The Morgan fingerprint density at radius 2 is 2.26 bits per heavy atom. The minimum atomic E-state index is 0.637. The molecule has 1 N–H and O–H groups in total. The summed E-state index contributed by atoms with van der Waals surface area (Å²) in [6.45, 7) is 4.27. The molecule has 19 heavy (non-hydrogen) atoms. The van der Waals surface area contributed by atoms with Gasteiger partial charge in [0, 0.05) is 13.2 Å². The maximum atomic E-state index is 8.95. The van der Waals surface area contributed by atoms with Crippen molar-refractivity contribution < 1.29 is 4.74 Å². The van der Waals surface area contributed by atoms with E-state index in [1.165, 1.54) is 0 Å². The number of hydrogen-bond donors (Lipinski definition) is 1. The van der Waals surface area contributed by atoms with Crippen LogP contribution in [0.5, 0.6) is 0 Å². The number of aromatic nitrogens is 2. The molecular weight excluding hydrogens is 258 g/mol. The molecule has 1 aromatic carbocycles. The topological polar surface area (TPSA) is 53.7 Å². The minimum Gasteiger partial charge on any atom is -0.380 e. The molecule has 4 nitrogen and oxygen atoms in total. The number of nitriles is 1. The van der Waals surface area contributed by atoms with Crippen molar-refractivity contribution in [1.29, 1.82) is 5.26 Å². The number of nitrogens with zero attached hydrogens (tertiary/aromatic N) is 2. The van der Waals surface area contributed by atoms with Crippen molar-refractivity contribution >= 4 is 23.3 Å². The van der Waals surface area contributed by atoms with Gasteiger partial charge in [-0.05, 0) is 36.8 Å². The van der Waals surface area contributed by atoms with Gasteiger partial charge in [-0.1, -0.05) is 13.3 Å². The zero-order valence-electron chi connectivity index (χ0n) is 11.0. The molecular formula is C14H17N3OS. The Bertz CT molecular complexity index is 651. The van der Waals surface area contributed by atoms with Gasteiger partial charge in [0.1, 0.15) is 0 Å². The summed E-state index contributed by atoms with van der Waals surface area (Å²) in [5.74, 6) is 0. The highest BCUT2D eigenvalue weighted by atomic mass is 32.1. The summed E-state index contributed by atoms with van der Waals surface area (Å²) in [5.41, 5.74) is 2.56. The maximum Gasteiger partial charge on any atom is 0.178 e. The number of aromatic amines is 1. The molecule has 0 aliphatic carbocycles. The van der Waals surface area contributed by atoms with Crippen LogP contribution in [0, 0.1) is 16.1 Å². The first kappa shape index (κ1) is 13.8. The van der Waals surface area contributed by atoms with E-state index in [2.05, 4.69) is 18.0 Å². The Morgan fingerprint density at radius 3 is 3.00 bits per heavy atom. The predicted molar refractivity (Wildman–Crippen MR) is 77.6 cm³/mol. The summed E-state index contributed by atoms with van der Waals surface area (Å²) < 4.78 is 8.22. The van der Waals surface area contributed by atoms with E-state index < -0.39 is 0 Å². The molecule has 0 amide bonds. The third-order valence-electron chi connectivity index (χ3n) is 3.01. The van der Waals surface area contributed by atoms with Crippen LogP contribution in [0.25, 0.3) is 11.0 Å². The number of H-pyrrole nitrogens is 1. The van der Waals surface area contributed by atoms with Gasteiger partial charge in [-0.15, -0.1) is 0 Å². The highest BCUT2D eigenvalue weighted by Crippen LogP contribution is 2.15. The van der Waals surface area contributed by atoms with E-state index in [-0.39, 0.29) is 0 Å². The molecule has 2 rings (SSSR count). The number of ether oxygens (including phenoxy) is 1. The second kappa shape index (κ2) is 6.50. The van der Waals surface area contributed by atoms with Crippen LogP contribution >= 0.6 is 12.2 Å². The van der Waals surface area contributed by atoms with Gasteiger partial charge in [0.2, 0.25) is 0 Å². The molecule has 0 atom stereocenters. The number of unbranched alkanes of at least 4 members (excludes halogenated alkanes) is 1. The zero-order valence-corrected chi connectivity index (χ0v) is 11.8. The first-order chi connectivity index (χ1) is 9.26. The lowest BCUT2D eigenvalue weighted by Gasteiger charge is -2.06. The quantitative estimate of drug-likeness (QED) is 0.649. The second-order valence-electron chi connectivity index (χ2n) is 4.39. The molecule has 0 saturated heterocycles. The molecule has 0 saturated carbocycles. The smallest absolute Gasteiger partial charge is 0.178 e. The van der Waals surface area contributed by atoms with Crippen LogP contribution < -0.4 is 0 Å². The van der Waals surface area contributed by atoms with E-state index in [1.54, 1.807) is 6.07 Å². The van der Waals surface area contributed by atoms with E-state index in [9.17, 15) is 0 Å². The fourth-order valence-corrected chi connectivity index (χ4v) is 2.25. The van der Waals surface area contributed by atoms with Gasteiger partial charge in [-0.2, -0.15) is 5.26 Å². The minimum absolute atomic E-state index is 0.637. The molecule has 1 aromatic heterocycles. The summed E-state index contributed by atoms with van der Waals surface area (Å²) in [4.78, 5) is 3.14. The van der Waals surface area contributed by atoms with Crippen LogP contribution in [0.1, 0.15) is 25.3 Å². The molecule has 2 aromatic rings. The van der Waals surface area contributed by atoms with Gasteiger partial charge in [-0.25, -0.2) is 0 Å². The molecule has 1 heterocycles. The summed E-state index contributed by atoms with van der Waals surface area (Å²) in [7, 11) is 0. The Kier molecular flexibility index (Phi) is 4.72. The standard InChI is InChI=1S/C14H17N3OS/c1-2-3-7-18-8-6-17-13-9-11(10-15)4-5-12(13)16-14(17)19/h4-5,9H,2-3,6-8H2,1H3,(H,16,19). The van der Waals surface area contributed by atoms with Gasteiger partial charge >= 0.3 is 0 Å². The summed E-state index contributed by atoms with van der Waals surface area (Å²) >= 11 is 5.30. The first-order valence-electron chi connectivity index (χ1n) is 6.46. The molecule has 0 radical (unpaired) electrons. The van der Waals surface area contributed by atoms with Gasteiger partial charge in [-0.3, -0.25) is 0 Å². The summed E-state index contributed by atoms with van der Waals surface area (Å²) in [6, 6.07) is 7.68. The Balaban J connectivity index is 2.15. The molecule has 5 heteroatoms. The highest BCUT2D eigenvalue weighted by molar-refractivity contribution is 7.71. The third-order valence-corrected chi connectivity index (χ3v) is 3.33. The maximum absolute atomic E-state index is 8.95. The lowest BCUT2D eigenvalue weighted by molar-refractivity contribution is 0.124. The van der Waals surface area contributed by atoms with Crippen molar-refractivity contribution in [3.63, 3.8) is 0 Å². The monoisotopic (exact) mass is 275 g/mol. The van der Waals surface area contributed by atoms with Crippen molar-refractivity contribution in [1.82, 2.24) is 9.55 Å². The van der Waals surface area contributed by atoms with Crippen LogP contribution in [0.15, 0.2) is 18.2 Å². The van der Waals surface area contributed by atoms with Crippen molar-refractivity contribution in [3.05, 3.63) is 28.5 Å². The Labute approximate surface area is 117 Å². The lowest BCUT2D eigenvalue weighted by Crippen LogP contribution is -2.06. The molecule has 0 spiro atoms. The fourth-order valence-electron chi connectivity index (χ4n) is 1.95. The Morgan fingerprint density at radius 1 is 1.42 bits per heavy atom. The second-order valence-corrected chi connectivity index (χ2v) is 4.78. The average molecular weight is 275 g/mol. The average Bonchev–Trinajstić information content (AvgIpc) is 2.74. The van der Waals surface area contributed by atoms with Gasteiger partial charge in [0.15, 0.2) is 4.77 Å². The number of rotatable bonds is 6. The molecule has 0 fully saturated rings. The molecule has 0 aliphatic heterocycles. The Hall–Kier alpha value is -1.64. The van der Waals surface area contributed by atoms with Crippen molar-refractivity contribution in [2.45, 2.75) is 26.3 Å². The van der Waals surface area contributed by atoms with E-state index in [0.29, 0.717) is 23.5 Å². The largest absolute Gasteiger partial charge is 0.380 e. The number of hydrogen-bond acceptors (Lipinski definition) is 3. The van der Waals surface area contributed by atoms with Gasteiger partial charge in [0.25, 0.3) is 0 Å². The first-order valence-corrected chi connectivity index (χ1v) is 6.87. The van der Waals surface area contributed by atoms with Gasteiger partial charge < -0.3 is 14.3 Å². The predicted octanol–water partition coefficient (Wildman–Crippen LogP) is 3.39. The summed E-state index contributed by atoms with van der Waals surface area (Å²) in [5, 5.41) is 8.95. The highest BCUT2D eigenvalue weighted by Gasteiger charge is 2.05. The van der Waals surface area contributed by atoms with Crippen LogP contribution in [0.4, 0.5) is 0 Å². The number of fused-ring (bicyclic) bond motifs is 1. The van der Waals surface area contributed by atoms with E-state index >= 15 is 0 Å². The summed E-state index contributed by atoms with van der Waals surface area (Å²) in [6.07, 6.45) is 2.22. The molecule has 100 valence electrons. The van der Waals surface area contributed by atoms with Crippen molar-refractivity contribution in [3.8, 4) is 6.07 Å². The molecule has 0 bridgehead atoms. The fraction of sp³-hybridized carbons (Fsp3) is 0.429. The van der Waals surface area contributed by atoms with Crippen LogP contribution in [-0.2, 0) is 11.3 Å². The third kappa shape index (κ3) is 3.22. The van der Waals surface area contributed by atoms with Crippen LogP contribution in [0.2, 0.25) is 0 Å².